The van der Waals surface area contributed by atoms with Crippen molar-refractivity contribution in [1.82, 2.24) is 15.1 Å². The van der Waals surface area contributed by atoms with E-state index >= 15 is 0 Å². The number of hydrogen-bond acceptors (Lipinski definition) is 4. The van der Waals surface area contributed by atoms with Crippen molar-refractivity contribution in [2.24, 2.45) is 0 Å². The normalized spacial score (nSPS) is 20.6. The van der Waals surface area contributed by atoms with E-state index in [1.165, 1.54) is 0 Å². The third kappa shape index (κ3) is 4.18. The molecule has 1 heterocycles. The highest BCUT2D eigenvalue weighted by Crippen LogP contribution is 2.10. The number of nitrogens with one attached hydrogen (secondary N) is 1. The third-order valence-corrected chi connectivity index (χ3v) is 3.22. The lowest BCUT2D eigenvalue weighted by Crippen LogP contribution is -2.55. The van der Waals surface area contributed by atoms with Crippen LogP contribution in [0.5, 0.6) is 0 Å². The summed E-state index contributed by atoms with van der Waals surface area (Å²) >= 11 is 0. The zero-order chi connectivity index (χ0) is 13.5. The summed E-state index contributed by atoms with van der Waals surface area (Å²) in [5.74, 6) is -0.396. The summed E-state index contributed by atoms with van der Waals surface area (Å²) in [7, 11) is 2.07. The third-order valence-electron chi connectivity index (χ3n) is 3.22. The topological polar surface area (TPSA) is 61.9 Å². The van der Waals surface area contributed by atoms with Gasteiger partial charge in [-0.1, -0.05) is 6.92 Å². The van der Waals surface area contributed by atoms with Crippen LogP contribution < -0.4 is 5.32 Å². The number of ether oxygens (including phenoxy) is 1. The number of nitrogens with zero attached hydrogens (tertiary/aromatic N) is 2. The van der Waals surface area contributed by atoms with Gasteiger partial charge in [0.15, 0.2) is 0 Å². The molecule has 0 saturated carbocycles. The smallest absolute Gasteiger partial charge is 0.325 e. The van der Waals surface area contributed by atoms with Crippen LogP contribution >= 0.6 is 0 Å². The van der Waals surface area contributed by atoms with Crippen LogP contribution in [0.25, 0.3) is 0 Å². The number of likely N-dealkylation sites (N-methyl/N-ethyl adjacent to an activating group) is 1. The van der Waals surface area contributed by atoms with E-state index < -0.39 is 5.97 Å². The van der Waals surface area contributed by atoms with E-state index in [0.29, 0.717) is 25.7 Å². The quantitative estimate of drug-likeness (QED) is 0.735. The molecular weight excluding hydrogens is 234 g/mol. The van der Waals surface area contributed by atoms with Gasteiger partial charge in [-0.25, -0.2) is 4.79 Å². The minimum Gasteiger partial charge on any atom is -0.465 e. The van der Waals surface area contributed by atoms with Crippen molar-refractivity contribution in [3.05, 3.63) is 0 Å². The summed E-state index contributed by atoms with van der Waals surface area (Å²) in [6.07, 6.45) is 1.01. The Morgan fingerprint density at radius 3 is 2.67 bits per heavy atom. The van der Waals surface area contributed by atoms with Gasteiger partial charge in [0.25, 0.3) is 0 Å². The first-order chi connectivity index (χ1) is 8.58. The Bertz CT molecular complexity index is 296. The van der Waals surface area contributed by atoms with E-state index in [-0.39, 0.29) is 12.6 Å². The standard InChI is InChI=1S/C12H23N3O3/c1-4-10-9-15(7-6-14(10)3)12(17)13-8-11(16)18-5-2/h10H,4-9H2,1-3H3,(H,13,17). The summed E-state index contributed by atoms with van der Waals surface area (Å²) in [4.78, 5) is 27.0. The molecule has 0 aromatic rings. The molecule has 1 fully saturated rings. The fourth-order valence-electron chi connectivity index (χ4n) is 2.04. The monoisotopic (exact) mass is 257 g/mol. The summed E-state index contributed by atoms with van der Waals surface area (Å²) < 4.78 is 4.76. The highest BCUT2D eigenvalue weighted by atomic mass is 16.5. The second-order valence-electron chi connectivity index (χ2n) is 4.45. The first-order valence-corrected chi connectivity index (χ1v) is 6.47. The van der Waals surface area contributed by atoms with E-state index in [1.807, 2.05) is 0 Å². The van der Waals surface area contributed by atoms with E-state index in [0.717, 1.165) is 13.0 Å². The molecule has 18 heavy (non-hydrogen) atoms. The largest absolute Gasteiger partial charge is 0.465 e. The molecule has 0 aromatic carbocycles. The van der Waals surface area contributed by atoms with E-state index in [2.05, 4.69) is 24.2 Å². The minimum atomic E-state index is -0.396. The number of esters is 1. The summed E-state index contributed by atoms with van der Waals surface area (Å²) in [6, 6.07) is 0.210. The van der Waals surface area contributed by atoms with Crippen LogP contribution in [0, 0.1) is 0 Å². The number of urea groups is 1. The maximum absolute atomic E-state index is 11.9. The molecule has 2 amide bonds. The Hall–Kier alpha value is -1.30. The van der Waals surface area contributed by atoms with Crippen molar-refractivity contribution < 1.29 is 14.3 Å². The van der Waals surface area contributed by atoms with Crippen molar-refractivity contribution in [1.29, 1.82) is 0 Å². The van der Waals surface area contributed by atoms with Gasteiger partial charge in [0.05, 0.1) is 6.61 Å². The van der Waals surface area contributed by atoms with Crippen molar-refractivity contribution in [3.63, 3.8) is 0 Å². The molecule has 1 atom stereocenters. The molecule has 1 saturated heterocycles. The predicted octanol–water partition coefficient (Wildman–Crippen LogP) is 0.285. The molecule has 0 aliphatic carbocycles. The van der Waals surface area contributed by atoms with Gasteiger partial charge in [0, 0.05) is 25.7 Å². The molecule has 6 nitrogen and oxygen atoms in total. The molecule has 0 bridgehead atoms. The molecule has 1 rings (SSSR count). The zero-order valence-corrected chi connectivity index (χ0v) is 11.4. The van der Waals surface area contributed by atoms with Gasteiger partial charge in [0.2, 0.25) is 0 Å². The van der Waals surface area contributed by atoms with E-state index in [1.54, 1.807) is 11.8 Å². The second-order valence-corrected chi connectivity index (χ2v) is 4.45. The highest BCUT2D eigenvalue weighted by Gasteiger charge is 2.26. The van der Waals surface area contributed by atoms with Crippen LogP contribution in [-0.2, 0) is 9.53 Å². The van der Waals surface area contributed by atoms with Gasteiger partial charge < -0.3 is 15.0 Å². The Morgan fingerprint density at radius 2 is 2.06 bits per heavy atom. The van der Waals surface area contributed by atoms with Gasteiger partial charge in [-0.3, -0.25) is 9.69 Å². The Labute approximate surface area is 108 Å². The average molecular weight is 257 g/mol. The number of carbonyl (C=O) groups is 2. The summed E-state index contributed by atoms with van der Waals surface area (Å²) in [5.41, 5.74) is 0. The minimum absolute atomic E-state index is 0.0597. The Morgan fingerprint density at radius 1 is 1.33 bits per heavy atom. The van der Waals surface area contributed by atoms with Crippen molar-refractivity contribution in [2.75, 3.05) is 39.8 Å². The van der Waals surface area contributed by atoms with Crippen molar-refractivity contribution in [3.8, 4) is 0 Å². The molecule has 1 aliphatic rings. The van der Waals surface area contributed by atoms with E-state index in [9.17, 15) is 9.59 Å². The number of amides is 2. The Kier molecular flexibility index (Phi) is 5.91. The molecule has 1 N–H and O–H groups in total. The van der Waals surface area contributed by atoms with Gasteiger partial charge in [-0.15, -0.1) is 0 Å². The average Bonchev–Trinajstić information content (AvgIpc) is 2.37. The van der Waals surface area contributed by atoms with Crippen LogP contribution in [0.2, 0.25) is 0 Å². The highest BCUT2D eigenvalue weighted by molar-refractivity contribution is 5.80. The number of piperazine rings is 1. The molecule has 104 valence electrons. The SMILES string of the molecule is CCOC(=O)CNC(=O)N1CCN(C)C(CC)C1. The summed E-state index contributed by atoms with van der Waals surface area (Å²) in [5, 5.41) is 2.59. The molecule has 0 radical (unpaired) electrons. The molecule has 6 heteroatoms. The number of rotatable bonds is 4. The lowest BCUT2D eigenvalue weighted by molar-refractivity contribution is -0.141. The maximum atomic E-state index is 11.9. The van der Waals surface area contributed by atoms with Crippen LogP contribution in [0.1, 0.15) is 20.3 Å². The fourth-order valence-corrected chi connectivity index (χ4v) is 2.04. The number of carbonyl (C=O) groups excluding carboxylic acids is 2. The van der Waals surface area contributed by atoms with Gasteiger partial charge in [-0.2, -0.15) is 0 Å². The molecule has 0 aromatic heterocycles. The predicted molar refractivity (Wildman–Crippen MR) is 68.3 cm³/mol. The zero-order valence-electron chi connectivity index (χ0n) is 11.4. The number of hydrogen-bond donors (Lipinski definition) is 1. The Balaban J connectivity index is 2.36. The lowest BCUT2D eigenvalue weighted by atomic mass is 10.1. The first kappa shape index (κ1) is 14.8. The lowest BCUT2D eigenvalue weighted by Gasteiger charge is -2.38. The van der Waals surface area contributed by atoms with Crippen LogP contribution in [0.3, 0.4) is 0 Å². The molecule has 1 unspecified atom stereocenters. The maximum Gasteiger partial charge on any atom is 0.325 e. The molecular formula is C12H23N3O3. The van der Waals surface area contributed by atoms with Crippen molar-refractivity contribution in [2.45, 2.75) is 26.3 Å². The second kappa shape index (κ2) is 7.20. The van der Waals surface area contributed by atoms with Crippen molar-refractivity contribution >= 4 is 12.0 Å². The van der Waals surface area contributed by atoms with E-state index in [4.69, 9.17) is 4.74 Å². The molecule has 0 spiro atoms. The van der Waals surface area contributed by atoms with Crippen LogP contribution in [0.4, 0.5) is 4.79 Å². The fraction of sp³-hybridized carbons (Fsp3) is 0.833. The first-order valence-electron chi connectivity index (χ1n) is 6.47. The van der Waals surface area contributed by atoms with Crippen LogP contribution in [0.15, 0.2) is 0 Å². The van der Waals surface area contributed by atoms with Gasteiger partial charge in [0.1, 0.15) is 6.54 Å². The summed E-state index contributed by atoms with van der Waals surface area (Å²) in [6.45, 7) is 6.40. The van der Waals surface area contributed by atoms with Gasteiger partial charge in [-0.05, 0) is 20.4 Å². The van der Waals surface area contributed by atoms with Gasteiger partial charge >= 0.3 is 12.0 Å². The molecule has 1 aliphatic heterocycles. The van der Waals surface area contributed by atoms with Crippen LogP contribution in [-0.4, -0.2) is 67.7 Å².